The predicted octanol–water partition coefficient (Wildman–Crippen LogP) is 14.1. The van der Waals surface area contributed by atoms with Crippen molar-refractivity contribution in [3.8, 4) is 44.5 Å². The molecular weight excluding hydrogens is 601 g/mol. The van der Waals surface area contributed by atoms with Crippen LogP contribution in [-0.4, -0.2) is 0 Å². The van der Waals surface area contributed by atoms with Crippen molar-refractivity contribution in [3.05, 3.63) is 193 Å². The molecule has 10 aromatic carbocycles. The van der Waals surface area contributed by atoms with E-state index < -0.39 is 292 Å². The highest BCUT2D eigenvalue weighted by molar-refractivity contribution is 6.22. The fourth-order valence-corrected chi connectivity index (χ4v) is 5.81. The lowest BCUT2D eigenvalue weighted by Crippen LogP contribution is -1.92. The maximum atomic E-state index is 10.3. The van der Waals surface area contributed by atoms with Gasteiger partial charge in [0.2, 0.25) is 0 Å². The van der Waals surface area contributed by atoms with E-state index in [1.54, 1.807) is 0 Å². The van der Waals surface area contributed by atoms with Gasteiger partial charge < -0.3 is 0 Å². The molecule has 0 unspecified atom stereocenters. The minimum absolute atomic E-state index is 0.643. The first kappa shape index (κ1) is 11.0. The fraction of sp³-hybridized carbons (Fsp3) is 0. The van der Waals surface area contributed by atoms with Gasteiger partial charge in [-0.05, 0) is 110 Å². The van der Waals surface area contributed by atoms with Crippen LogP contribution >= 0.6 is 0 Å². The quantitative estimate of drug-likeness (QED) is 0.164. The zero-order valence-electron chi connectivity index (χ0n) is 57.0. The Hall–Kier alpha value is -6.50. The Morgan fingerprint density at radius 2 is 0.680 bits per heavy atom. The molecule has 0 heterocycles. The zero-order chi connectivity index (χ0) is 60.9. The van der Waals surface area contributed by atoms with Crippen molar-refractivity contribution in [1.29, 1.82) is 0 Å². The Morgan fingerprint density at radius 3 is 1.34 bits per heavy atom. The van der Waals surface area contributed by atoms with Gasteiger partial charge in [0, 0.05) is 0 Å². The van der Waals surface area contributed by atoms with Gasteiger partial charge in [-0.2, -0.15) is 0 Å². The summed E-state index contributed by atoms with van der Waals surface area (Å²) >= 11 is 0. The molecule has 0 N–H and O–H groups in total. The van der Waals surface area contributed by atoms with Crippen molar-refractivity contribution in [3.63, 3.8) is 0 Å². The van der Waals surface area contributed by atoms with E-state index in [0.29, 0.717) is 0 Å². The summed E-state index contributed by atoms with van der Waals surface area (Å²) in [6, 6.07) is -32.6. The molecule has 0 spiro atoms. The Kier molecular flexibility index (Phi) is 2.55. The van der Waals surface area contributed by atoms with Crippen LogP contribution in [0.15, 0.2) is 193 Å². The molecule has 0 radical (unpaired) electrons. The van der Waals surface area contributed by atoms with E-state index in [1.165, 1.54) is 0 Å². The molecule has 0 aromatic heterocycles. The summed E-state index contributed by atoms with van der Waals surface area (Å²) in [5.41, 5.74) is -7.22. The maximum absolute atomic E-state index is 10.3. The van der Waals surface area contributed by atoms with Crippen LogP contribution in [0, 0.1) is 0 Å². The molecule has 50 heavy (non-hydrogen) atoms. The average molecular weight is 665 g/mol. The summed E-state index contributed by atoms with van der Waals surface area (Å²) in [7, 11) is 0. The van der Waals surface area contributed by atoms with E-state index in [-0.39, 0.29) is 0 Å². The van der Waals surface area contributed by atoms with E-state index in [4.69, 9.17) is 26.0 Å². The number of fused-ring (bicyclic) bond motifs is 5. The molecule has 232 valence electrons. The second-order valence-corrected chi connectivity index (χ2v) is 10.8. The van der Waals surface area contributed by atoms with Crippen LogP contribution in [0.5, 0.6) is 0 Å². The molecule has 0 heteroatoms. The summed E-state index contributed by atoms with van der Waals surface area (Å²) in [6.07, 6.45) is 0. The first-order valence-corrected chi connectivity index (χ1v) is 14.8. The molecule has 0 nitrogen and oxygen atoms in total. The fourth-order valence-electron chi connectivity index (χ4n) is 5.81. The Balaban J connectivity index is 1.56. The highest BCUT2D eigenvalue weighted by Gasteiger charge is 2.18. The monoisotopic (exact) mass is 664 g/mol. The van der Waals surface area contributed by atoms with Gasteiger partial charge in [0.15, 0.2) is 0 Å². The zero-order valence-corrected chi connectivity index (χ0v) is 25.0. The second kappa shape index (κ2) is 11.6. The van der Waals surface area contributed by atoms with E-state index in [0.717, 1.165) is 0 Å². The van der Waals surface area contributed by atoms with Crippen LogP contribution < -0.4 is 0 Å². The van der Waals surface area contributed by atoms with Crippen molar-refractivity contribution < 1.29 is 43.9 Å². The van der Waals surface area contributed by atoms with Gasteiger partial charge in [-0.15, -0.1) is 0 Å². The van der Waals surface area contributed by atoms with Crippen molar-refractivity contribution in [2.45, 2.75) is 0 Å². The highest BCUT2D eigenvalue weighted by Crippen LogP contribution is 2.46. The molecule has 0 saturated carbocycles. The molecule has 10 aromatic rings. The minimum atomic E-state index is -1.22. The topological polar surface area (TPSA) is 0 Å². The standard InChI is InChI=1S/C50H32/c1-2-14-38-31-40(28-23-33(38)11-1)50-46-20-8-7-19-45(46)49(37-26-24-36(25-27-37)43-21-9-15-34-12-3-5-17-41(34)43)48-32-39(29-30-47(48)50)44-22-10-16-35-13-4-6-18-42(35)44/h1-32H/i1D,2D,3D,4D,5D,6D,7D,8D,9D,10D,11D,12D,13D,14D,15D,16D,17D,18D,19D,20D,21D,22D,23D,24D,25D,26D,27D,28D,29D,30D,31D,32D. The predicted molar refractivity (Wildman–Crippen MR) is 216 cm³/mol. The normalized spacial score (nSPS) is 20.6. The smallest absolute Gasteiger partial charge is 0.0616 e. The van der Waals surface area contributed by atoms with Crippen LogP contribution in [0.3, 0.4) is 0 Å². The van der Waals surface area contributed by atoms with Gasteiger partial charge in [0.25, 0.3) is 0 Å². The highest BCUT2D eigenvalue weighted by atomic mass is 14.2. The lowest BCUT2D eigenvalue weighted by molar-refractivity contribution is 1.63. The molecule has 0 aliphatic rings. The van der Waals surface area contributed by atoms with Gasteiger partial charge >= 0.3 is 0 Å². The molecule has 0 atom stereocenters. The number of hydrogen-bond donors (Lipinski definition) is 0. The van der Waals surface area contributed by atoms with Crippen molar-refractivity contribution in [2.75, 3.05) is 0 Å². The third-order valence-electron chi connectivity index (χ3n) is 8.00. The summed E-state index contributed by atoms with van der Waals surface area (Å²) in [5.74, 6) is 0. The molecule has 0 bridgehead atoms. The summed E-state index contributed by atoms with van der Waals surface area (Å²) in [5, 5.41) is -7.73. The minimum Gasteiger partial charge on any atom is -0.0616 e. The van der Waals surface area contributed by atoms with Crippen molar-refractivity contribution >= 4 is 53.9 Å². The SMILES string of the molecule is [2H]c1c([2H])c(-c2c3c([2H])c([2H])c([2H])c([2H])c3c(-c3c([2H])c([2H])c4c([2H])c([2H])c([2H])c([2H])c4c3[2H])c3c([2H])c([2H])c(-c4c([2H])c([2H])c([2H])c5c([2H])c([2H])c([2H])c([2H])c45)c([2H])c23)c([2H])c([2H])c1-c1c([2H])c([2H])c([2H])c2c([2H])c([2H])c([2H])c([2H])c12. The van der Waals surface area contributed by atoms with Crippen LogP contribution in [0.25, 0.3) is 98.4 Å². The Morgan fingerprint density at radius 1 is 0.240 bits per heavy atom. The van der Waals surface area contributed by atoms with Crippen LogP contribution in [-0.2, 0) is 0 Å². The van der Waals surface area contributed by atoms with Crippen molar-refractivity contribution in [2.24, 2.45) is 0 Å². The summed E-state index contributed by atoms with van der Waals surface area (Å²) < 4.78 is 291. The molecule has 0 fully saturated rings. The molecule has 0 saturated heterocycles. The van der Waals surface area contributed by atoms with Gasteiger partial charge in [-0.1, -0.05) is 181 Å². The van der Waals surface area contributed by atoms with Gasteiger partial charge in [0.1, 0.15) is 0 Å². The molecular formula is C50H32. The molecule has 0 aliphatic heterocycles. The number of hydrogen-bond acceptors (Lipinski definition) is 0. The van der Waals surface area contributed by atoms with Crippen LogP contribution in [0.4, 0.5) is 0 Å². The molecule has 10 rings (SSSR count). The van der Waals surface area contributed by atoms with E-state index in [9.17, 15) is 17.8 Å². The average Bonchev–Trinajstić information content (AvgIpc) is 1.01. The van der Waals surface area contributed by atoms with Gasteiger partial charge in [0.05, 0.1) is 43.9 Å². The van der Waals surface area contributed by atoms with Gasteiger partial charge in [-0.25, -0.2) is 0 Å². The van der Waals surface area contributed by atoms with Crippen molar-refractivity contribution in [1.82, 2.24) is 0 Å². The van der Waals surface area contributed by atoms with Gasteiger partial charge in [-0.3, -0.25) is 0 Å². The Labute approximate surface area is 336 Å². The van der Waals surface area contributed by atoms with Crippen LogP contribution in [0.2, 0.25) is 0 Å². The lowest BCUT2D eigenvalue weighted by atomic mass is 9.84. The molecule has 0 amide bonds. The second-order valence-electron chi connectivity index (χ2n) is 10.8. The van der Waals surface area contributed by atoms with Crippen LogP contribution in [0.1, 0.15) is 43.9 Å². The first-order valence-electron chi connectivity index (χ1n) is 30.8. The third-order valence-corrected chi connectivity index (χ3v) is 8.00. The largest absolute Gasteiger partial charge is 0.0636 e. The lowest BCUT2D eigenvalue weighted by Gasteiger charge is -2.19. The van der Waals surface area contributed by atoms with E-state index in [2.05, 4.69) is 0 Å². The van der Waals surface area contributed by atoms with E-state index in [1.807, 2.05) is 0 Å². The Bertz CT molecular complexity index is 4710. The summed E-state index contributed by atoms with van der Waals surface area (Å²) in [4.78, 5) is 0. The summed E-state index contributed by atoms with van der Waals surface area (Å²) in [6.45, 7) is 0. The van der Waals surface area contributed by atoms with E-state index >= 15 is 0 Å². The maximum Gasteiger partial charge on any atom is 0.0636 e. The third kappa shape index (κ3) is 4.61. The molecule has 0 aliphatic carbocycles. The first-order chi connectivity index (χ1) is 38.1. The number of benzene rings is 10. The number of rotatable bonds is 4.